The highest BCUT2D eigenvalue weighted by molar-refractivity contribution is 6.02. The van der Waals surface area contributed by atoms with Crippen molar-refractivity contribution < 1.29 is 19.5 Å². The molecule has 1 aromatic rings. The van der Waals surface area contributed by atoms with Crippen molar-refractivity contribution in [1.82, 2.24) is 25.1 Å². The van der Waals surface area contributed by atoms with E-state index in [9.17, 15) is 19.5 Å². The molecule has 164 valence electrons. The fraction of sp³-hybridized carbons (Fsp3) is 0.667. The monoisotopic (exact) mass is 417 g/mol. The van der Waals surface area contributed by atoms with Gasteiger partial charge in [-0.3, -0.25) is 14.4 Å². The molecule has 2 N–H and O–H groups in total. The zero-order valence-electron chi connectivity index (χ0n) is 18.3. The van der Waals surface area contributed by atoms with Gasteiger partial charge in [0.2, 0.25) is 11.8 Å². The van der Waals surface area contributed by atoms with Gasteiger partial charge >= 0.3 is 0 Å². The second-order valence-corrected chi connectivity index (χ2v) is 9.19. The average Bonchev–Trinajstić information content (AvgIpc) is 3.16. The molecule has 2 saturated heterocycles. The van der Waals surface area contributed by atoms with Gasteiger partial charge in [0.25, 0.3) is 5.91 Å². The van der Waals surface area contributed by atoms with Crippen LogP contribution in [0.2, 0.25) is 0 Å². The van der Waals surface area contributed by atoms with E-state index in [-0.39, 0.29) is 24.4 Å². The summed E-state index contributed by atoms with van der Waals surface area (Å²) in [7, 11) is 0. The predicted molar refractivity (Wildman–Crippen MR) is 109 cm³/mol. The lowest BCUT2D eigenvalue weighted by molar-refractivity contribution is -0.189. The molecule has 0 aliphatic carbocycles. The largest absolute Gasteiger partial charge is 0.391 e. The highest BCUT2D eigenvalue weighted by Crippen LogP contribution is 2.47. The Morgan fingerprint density at radius 3 is 2.50 bits per heavy atom. The minimum atomic E-state index is -1.07. The first-order valence-corrected chi connectivity index (χ1v) is 10.4. The zero-order valence-corrected chi connectivity index (χ0v) is 18.3. The molecule has 2 aliphatic heterocycles. The fourth-order valence-corrected chi connectivity index (χ4v) is 4.56. The first-order valence-electron chi connectivity index (χ1n) is 10.4. The Kier molecular flexibility index (Phi) is 5.86. The Morgan fingerprint density at radius 1 is 1.33 bits per heavy atom. The smallest absolute Gasteiger partial charge is 0.251 e. The minimum Gasteiger partial charge on any atom is -0.391 e. The van der Waals surface area contributed by atoms with Crippen molar-refractivity contribution in [2.24, 2.45) is 5.41 Å². The maximum Gasteiger partial charge on any atom is 0.251 e. The molecule has 9 heteroatoms. The third kappa shape index (κ3) is 3.55. The van der Waals surface area contributed by atoms with Gasteiger partial charge in [-0.25, -0.2) is 9.97 Å². The Labute approximate surface area is 176 Å². The van der Waals surface area contributed by atoms with Crippen LogP contribution in [-0.2, 0) is 20.9 Å². The lowest BCUT2D eigenvalue weighted by Crippen LogP contribution is -2.82. The summed E-state index contributed by atoms with van der Waals surface area (Å²) < 4.78 is 0. The third-order valence-electron chi connectivity index (χ3n) is 6.09. The van der Waals surface area contributed by atoms with Gasteiger partial charge in [0.1, 0.15) is 17.4 Å². The number of carbonyl (C=O) groups is 3. The second kappa shape index (κ2) is 7.94. The first-order chi connectivity index (χ1) is 14.0. The van der Waals surface area contributed by atoms with Gasteiger partial charge in [0, 0.05) is 24.4 Å². The summed E-state index contributed by atoms with van der Waals surface area (Å²) in [5.74, 6) is -0.382. The Bertz CT molecular complexity index is 822. The summed E-state index contributed by atoms with van der Waals surface area (Å²) >= 11 is 0. The van der Waals surface area contributed by atoms with E-state index in [1.807, 2.05) is 27.7 Å². The molecular weight excluding hydrogens is 386 g/mol. The van der Waals surface area contributed by atoms with E-state index >= 15 is 0 Å². The normalized spacial score (nSPS) is 25.8. The number of aromatic nitrogens is 2. The van der Waals surface area contributed by atoms with Crippen LogP contribution in [0.25, 0.3) is 0 Å². The van der Waals surface area contributed by atoms with Crippen molar-refractivity contribution >= 4 is 17.7 Å². The van der Waals surface area contributed by atoms with Crippen molar-refractivity contribution in [1.29, 1.82) is 0 Å². The van der Waals surface area contributed by atoms with Gasteiger partial charge in [-0.1, -0.05) is 20.8 Å². The van der Waals surface area contributed by atoms with Crippen LogP contribution in [0, 0.1) is 5.41 Å². The number of rotatable bonds is 5. The van der Waals surface area contributed by atoms with Gasteiger partial charge in [-0.15, -0.1) is 0 Å². The van der Waals surface area contributed by atoms with Crippen molar-refractivity contribution in [2.45, 2.75) is 77.7 Å². The standard InChI is InChI=1S/C21H31N5O4/c1-13(27)16(17(28)24-12-15-22-9-7-10-23-15)26-14(2)21(19(26)30)8-6-11-25(21)18(29)20(3,4)5/h7,9-10,13-14,16,27H,6,8,11-12H2,1-5H3,(H,24,28)/t13-,14?,16+,21?/m1/s1. The second-order valence-electron chi connectivity index (χ2n) is 9.19. The van der Waals surface area contributed by atoms with E-state index in [1.165, 1.54) is 11.8 Å². The van der Waals surface area contributed by atoms with Crippen LogP contribution in [0.3, 0.4) is 0 Å². The van der Waals surface area contributed by atoms with E-state index < -0.39 is 29.0 Å². The molecule has 30 heavy (non-hydrogen) atoms. The van der Waals surface area contributed by atoms with E-state index in [0.29, 0.717) is 18.8 Å². The number of carbonyl (C=O) groups excluding carboxylic acids is 3. The average molecular weight is 418 g/mol. The lowest BCUT2D eigenvalue weighted by Gasteiger charge is -2.59. The van der Waals surface area contributed by atoms with Crippen LogP contribution in [0.15, 0.2) is 18.5 Å². The summed E-state index contributed by atoms with van der Waals surface area (Å²) in [5, 5.41) is 13.0. The Morgan fingerprint density at radius 2 is 1.97 bits per heavy atom. The van der Waals surface area contributed by atoms with Gasteiger partial charge in [0.05, 0.1) is 18.7 Å². The fourth-order valence-electron chi connectivity index (χ4n) is 4.56. The van der Waals surface area contributed by atoms with Crippen LogP contribution < -0.4 is 5.32 Å². The van der Waals surface area contributed by atoms with Crippen LogP contribution in [0.5, 0.6) is 0 Å². The van der Waals surface area contributed by atoms with Gasteiger partial charge < -0.3 is 20.2 Å². The van der Waals surface area contributed by atoms with E-state index in [1.54, 1.807) is 23.4 Å². The van der Waals surface area contributed by atoms with Crippen LogP contribution >= 0.6 is 0 Å². The van der Waals surface area contributed by atoms with Crippen molar-refractivity contribution in [3.8, 4) is 0 Å². The molecule has 1 aromatic heterocycles. The summed E-state index contributed by atoms with van der Waals surface area (Å²) in [6.07, 6.45) is 3.39. The molecule has 0 aromatic carbocycles. The molecule has 2 aliphatic rings. The maximum absolute atomic E-state index is 13.4. The molecule has 3 heterocycles. The number of likely N-dealkylation sites (tertiary alicyclic amines) is 2. The minimum absolute atomic E-state index is 0.0703. The van der Waals surface area contributed by atoms with Crippen molar-refractivity contribution in [3.05, 3.63) is 24.3 Å². The lowest BCUT2D eigenvalue weighted by atomic mass is 9.74. The Hall–Kier alpha value is -2.55. The molecule has 1 spiro atoms. The maximum atomic E-state index is 13.4. The third-order valence-corrected chi connectivity index (χ3v) is 6.09. The number of hydrogen-bond donors (Lipinski definition) is 2. The molecule has 0 saturated carbocycles. The molecule has 3 amide bonds. The molecule has 0 bridgehead atoms. The molecule has 9 nitrogen and oxygen atoms in total. The Balaban J connectivity index is 1.78. The van der Waals surface area contributed by atoms with E-state index in [2.05, 4.69) is 15.3 Å². The summed E-state index contributed by atoms with van der Waals surface area (Å²) in [6.45, 7) is 9.47. The van der Waals surface area contributed by atoms with Gasteiger partial charge in [0.15, 0.2) is 0 Å². The molecular formula is C21H31N5O4. The molecule has 4 atom stereocenters. The number of aliphatic hydroxyl groups is 1. The number of amides is 3. The quantitative estimate of drug-likeness (QED) is 0.674. The van der Waals surface area contributed by atoms with Crippen LogP contribution in [0.4, 0.5) is 0 Å². The molecule has 3 rings (SSSR count). The molecule has 2 fully saturated rings. The summed E-state index contributed by atoms with van der Waals surface area (Å²) in [6, 6.07) is 0.252. The first kappa shape index (κ1) is 22.1. The number of hydrogen-bond acceptors (Lipinski definition) is 6. The number of nitrogens with zero attached hydrogens (tertiary/aromatic N) is 4. The zero-order chi connectivity index (χ0) is 22.3. The SMILES string of the molecule is CC1N([C@H](C(=O)NCc2ncccn2)[C@@H](C)O)C(=O)C12CCCN2C(=O)C(C)(C)C. The van der Waals surface area contributed by atoms with E-state index in [4.69, 9.17) is 0 Å². The van der Waals surface area contributed by atoms with Crippen molar-refractivity contribution in [3.63, 3.8) is 0 Å². The van der Waals surface area contributed by atoms with E-state index in [0.717, 1.165) is 6.42 Å². The van der Waals surface area contributed by atoms with Gasteiger partial charge in [-0.2, -0.15) is 0 Å². The van der Waals surface area contributed by atoms with Crippen LogP contribution in [-0.4, -0.2) is 72.9 Å². The highest BCUT2D eigenvalue weighted by Gasteiger charge is 2.67. The van der Waals surface area contributed by atoms with Crippen LogP contribution in [0.1, 0.15) is 53.3 Å². The summed E-state index contributed by atoms with van der Waals surface area (Å²) in [4.78, 5) is 50.4. The van der Waals surface area contributed by atoms with Crippen molar-refractivity contribution in [2.75, 3.05) is 6.54 Å². The number of β-lactam (4-membered cyclic amide) rings is 1. The summed E-state index contributed by atoms with van der Waals surface area (Å²) in [5.41, 5.74) is -1.53. The molecule has 2 unspecified atom stereocenters. The number of aliphatic hydroxyl groups excluding tert-OH is 1. The topological polar surface area (TPSA) is 116 Å². The predicted octanol–water partition coefficient (Wildman–Crippen LogP) is 0.480. The number of nitrogens with one attached hydrogen (secondary N) is 1. The molecule has 0 radical (unpaired) electrons. The highest BCUT2D eigenvalue weighted by atomic mass is 16.3. The van der Waals surface area contributed by atoms with Gasteiger partial charge in [-0.05, 0) is 32.8 Å².